The minimum absolute atomic E-state index is 0.444. The first kappa shape index (κ1) is 14.6. The van der Waals surface area contributed by atoms with Gasteiger partial charge in [0.25, 0.3) is 0 Å². The second kappa shape index (κ2) is 7.09. The third-order valence-electron chi connectivity index (χ3n) is 2.78. The van der Waals surface area contributed by atoms with E-state index >= 15 is 0 Å². The zero-order valence-electron chi connectivity index (χ0n) is 11.9. The number of nitrogens with one attached hydrogen (secondary N) is 1. The van der Waals surface area contributed by atoms with Gasteiger partial charge in [0.1, 0.15) is 5.82 Å². The summed E-state index contributed by atoms with van der Waals surface area (Å²) >= 11 is 0. The SMILES string of the molecule is CCC(CC)Nc1ccc(N)c(OCC(C)C)n1. The Morgan fingerprint density at radius 3 is 2.50 bits per heavy atom. The van der Waals surface area contributed by atoms with Gasteiger partial charge in [-0.1, -0.05) is 27.7 Å². The highest BCUT2D eigenvalue weighted by Crippen LogP contribution is 2.22. The number of aromatic nitrogens is 1. The number of rotatable bonds is 7. The molecule has 0 aliphatic heterocycles. The average Bonchev–Trinajstić information content (AvgIpc) is 2.36. The maximum atomic E-state index is 5.86. The largest absolute Gasteiger partial charge is 0.476 e. The zero-order valence-corrected chi connectivity index (χ0v) is 11.9. The van der Waals surface area contributed by atoms with E-state index in [1.165, 1.54) is 0 Å². The van der Waals surface area contributed by atoms with Crippen LogP contribution in [0.3, 0.4) is 0 Å². The highest BCUT2D eigenvalue weighted by atomic mass is 16.5. The Morgan fingerprint density at radius 1 is 1.28 bits per heavy atom. The summed E-state index contributed by atoms with van der Waals surface area (Å²) in [5.74, 6) is 1.82. The summed E-state index contributed by atoms with van der Waals surface area (Å²) in [5, 5.41) is 3.39. The summed E-state index contributed by atoms with van der Waals surface area (Å²) < 4.78 is 5.61. The first-order valence-electron chi connectivity index (χ1n) is 6.72. The summed E-state index contributed by atoms with van der Waals surface area (Å²) in [6, 6.07) is 4.18. The summed E-state index contributed by atoms with van der Waals surface area (Å²) in [7, 11) is 0. The number of nitrogens with zero attached hydrogens (tertiary/aromatic N) is 1. The Bertz CT molecular complexity index is 362. The molecular weight excluding hydrogens is 226 g/mol. The van der Waals surface area contributed by atoms with Crippen molar-refractivity contribution in [1.82, 2.24) is 4.98 Å². The minimum Gasteiger partial charge on any atom is -0.476 e. The molecule has 1 aromatic rings. The zero-order chi connectivity index (χ0) is 13.5. The Kier molecular flexibility index (Phi) is 5.75. The minimum atomic E-state index is 0.444. The van der Waals surface area contributed by atoms with E-state index in [2.05, 4.69) is 38.0 Å². The van der Waals surface area contributed by atoms with E-state index in [0.717, 1.165) is 18.7 Å². The van der Waals surface area contributed by atoms with E-state index in [1.807, 2.05) is 12.1 Å². The summed E-state index contributed by atoms with van der Waals surface area (Å²) in [6.07, 6.45) is 2.15. The van der Waals surface area contributed by atoms with Crippen LogP contribution >= 0.6 is 0 Å². The van der Waals surface area contributed by atoms with Gasteiger partial charge in [-0.05, 0) is 30.9 Å². The molecule has 0 spiro atoms. The predicted molar refractivity (Wildman–Crippen MR) is 77.0 cm³/mol. The molecule has 0 aliphatic rings. The van der Waals surface area contributed by atoms with Crippen molar-refractivity contribution in [2.24, 2.45) is 5.92 Å². The molecule has 0 aliphatic carbocycles. The van der Waals surface area contributed by atoms with Crippen molar-refractivity contribution in [2.75, 3.05) is 17.7 Å². The van der Waals surface area contributed by atoms with Gasteiger partial charge in [-0.3, -0.25) is 0 Å². The van der Waals surface area contributed by atoms with Crippen LogP contribution < -0.4 is 15.8 Å². The van der Waals surface area contributed by atoms with Gasteiger partial charge in [0.05, 0.1) is 12.3 Å². The predicted octanol–water partition coefficient (Wildman–Crippen LogP) is 3.30. The van der Waals surface area contributed by atoms with Crippen LogP contribution in [0.2, 0.25) is 0 Å². The maximum Gasteiger partial charge on any atom is 0.239 e. The fraction of sp³-hybridized carbons (Fsp3) is 0.643. The molecule has 0 saturated heterocycles. The number of anilines is 2. The molecule has 0 atom stereocenters. The molecule has 102 valence electrons. The van der Waals surface area contributed by atoms with Gasteiger partial charge in [-0.15, -0.1) is 0 Å². The van der Waals surface area contributed by atoms with Gasteiger partial charge in [-0.2, -0.15) is 4.98 Å². The molecule has 0 bridgehead atoms. The quantitative estimate of drug-likeness (QED) is 0.780. The smallest absolute Gasteiger partial charge is 0.239 e. The van der Waals surface area contributed by atoms with Gasteiger partial charge in [0, 0.05) is 6.04 Å². The molecule has 1 heterocycles. The third kappa shape index (κ3) is 4.43. The van der Waals surface area contributed by atoms with Crippen molar-refractivity contribution < 1.29 is 4.74 Å². The van der Waals surface area contributed by atoms with E-state index in [9.17, 15) is 0 Å². The van der Waals surface area contributed by atoms with Gasteiger partial charge >= 0.3 is 0 Å². The molecule has 1 rings (SSSR count). The Balaban J connectivity index is 2.73. The van der Waals surface area contributed by atoms with Crippen LogP contribution in [0.4, 0.5) is 11.5 Å². The van der Waals surface area contributed by atoms with E-state index < -0.39 is 0 Å². The monoisotopic (exact) mass is 251 g/mol. The third-order valence-corrected chi connectivity index (χ3v) is 2.78. The van der Waals surface area contributed by atoms with Crippen molar-refractivity contribution >= 4 is 11.5 Å². The summed E-state index contributed by atoms with van der Waals surface area (Å²) in [6.45, 7) is 9.15. The van der Waals surface area contributed by atoms with Gasteiger partial charge < -0.3 is 15.8 Å². The molecule has 18 heavy (non-hydrogen) atoms. The van der Waals surface area contributed by atoms with E-state index in [0.29, 0.717) is 30.1 Å². The molecule has 0 saturated carbocycles. The molecule has 0 radical (unpaired) electrons. The van der Waals surface area contributed by atoms with E-state index in [-0.39, 0.29) is 0 Å². The van der Waals surface area contributed by atoms with Crippen molar-refractivity contribution in [3.05, 3.63) is 12.1 Å². The summed E-state index contributed by atoms with van der Waals surface area (Å²) in [5.41, 5.74) is 6.44. The second-order valence-electron chi connectivity index (χ2n) is 4.95. The number of ether oxygens (including phenoxy) is 1. The van der Waals surface area contributed by atoms with Crippen molar-refractivity contribution in [3.63, 3.8) is 0 Å². The first-order valence-corrected chi connectivity index (χ1v) is 6.72. The van der Waals surface area contributed by atoms with Crippen LogP contribution in [-0.4, -0.2) is 17.6 Å². The van der Waals surface area contributed by atoms with Crippen LogP contribution in [-0.2, 0) is 0 Å². The highest BCUT2D eigenvalue weighted by molar-refractivity contribution is 5.53. The fourth-order valence-electron chi connectivity index (χ4n) is 1.59. The lowest BCUT2D eigenvalue weighted by Gasteiger charge is -2.17. The van der Waals surface area contributed by atoms with Crippen molar-refractivity contribution in [1.29, 1.82) is 0 Å². The molecule has 0 amide bonds. The molecule has 4 nitrogen and oxygen atoms in total. The lowest BCUT2D eigenvalue weighted by molar-refractivity contribution is 0.263. The van der Waals surface area contributed by atoms with Crippen molar-refractivity contribution in [3.8, 4) is 5.88 Å². The van der Waals surface area contributed by atoms with Crippen LogP contribution in [0.25, 0.3) is 0 Å². The topological polar surface area (TPSA) is 60.2 Å². The normalized spacial score (nSPS) is 11.0. The number of hydrogen-bond donors (Lipinski definition) is 2. The standard InChI is InChI=1S/C14H25N3O/c1-5-11(6-2)16-13-8-7-12(15)14(17-13)18-9-10(3)4/h7-8,10-11H,5-6,9,15H2,1-4H3,(H,16,17). The molecule has 0 fully saturated rings. The average molecular weight is 251 g/mol. The maximum absolute atomic E-state index is 5.86. The summed E-state index contributed by atoms with van der Waals surface area (Å²) in [4.78, 5) is 4.42. The van der Waals surface area contributed by atoms with Crippen LogP contribution in [0.5, 0.6) is 5.88 Å². The van der Waals surface area contributed by atoms with Gasteiger partial charge in [0.2, 0.25) is 5.88 Å². The Hall–Kier alpha value is -1.45. The van der Waals surface area contributed by atoms with Gasteiger partial charge in [0.15, 0.2) is 0 Å². The number of nitrogen functional groups attached to an aromatic ring is 1. The molecule has 4 heteroatoms. The molecule has 0 aromatic carbocycles. The van der Waals surface area contributed by atoms with Crippen LogP contribution in [0.1, 0.15) is 40.5 Å². The van der Waals surface area contributed by atoms with Crippen LogP contribution in [0, 0.1) is 5.92 Å². The molecular formula is C14H25N3O. The van der Waals surface area contributed by atoms with Crippen LogP contribution in [0.15, 0.2) is 12.1 Å². The first-order chi connectivity index (χ1) is 8.56. The lowest BCUT2D eigenvalue weighted by Crippen LogP contribution is -2.18. The Labute approximate surface area is 110 Å². The Morgan fingerprint density at radius 2 is 1.94 bits per heavy atom. The lowest BCUT2D eigenvalue weighted by atomic mass is 10.2. The molecule has 0 unspecified atom stereocenters. The second-order valence-corrected chi connectivity index (χ2v) is 4.95. The highest BCUT2D eigenvalue weighted by Gasteiger charge is 2.08. The van der Waals surface area contributed by atoms with Crippen molar-refractivity contribution in [2.45, 2.75) is 46.6 Å². The van der Waals surface area contributed by atoms with Gasteiger partial charge in [-0.25, -0.2) is 0 Å². The number of nitrogens with two attached hydrogens (primary N) is 1. The molecule has 3 N–H and O–H groups in total. The number of hydrogen-bond acceptors (Lipinski definition) is 4. The molecule has 1 aromatic heterocycles. The van der Waals surface area contributed by atoms with E-state index in [4.69, 9.17) is 10.5 Å². The number of pyridine rings is 1. The van der Waals surface area contributed by atoms with E-state index in [1.54, 1.807) is 0 Å². The fourth-order valence-corrected chi connectivity index (χ4v) is 1.59.